The fourth-order valence-corrected chi connectivity index (χ4v) is 2.67. The van der Waals surface area contributed by atoms with Crippen LogP contribution in [-0.2, 0) is 10.2 Å². The number of hydrogen-bond acceptors (Lipinski definition) is 4. The van der Waals surface area contributed by atoms with Gasteiger partial charge in [-0.1, -0.05) is 30.7 Å². The lowest BCUT2D eigenvalue weighted by Crippen LogP contribution is -2.14. The lowest BCUT2D eigenvalue weighted by molar-refractivity contribution is -0.384. The van der Waals surface area contributed by atoms with Gasteiger partial charge >= 0.3 is 5.97 Å². The molecule has 5 nitrogen and oxygen atoms in total. The highest BCUT2D eigenvalue weighted by Crippen LogP contribution is 2.50. The number of carbonyl (C=O) groups excluding carboxylic acids is 1. The fraction of sp³-hybridized carbons (Fsp3) is 0.235. The molecule has 0 aliphatic heterocycles. The summed E-state index contributed by atoms with van der Waals surface area (Å²) in [5, 5.41) is 11.3. The molecule has 1 aliphatic rings. The van der Waals surface area contributed by atoms with E-state index in [9.17, 15) is 14.9 Å². The molecule has 1 aliphatic carbocycles. The molecule has 0 aromatic heterocycles. The van der Waals surface area contributed by atoms with Crippen LogP contribution >= 0.6 is 11.6 Å². The Balaban J connectivity index is 1.67. The number of benzene rings is 2. The summed E-state index contributed by atoms with van der Waals surface area (Å²) in [4.78, 5) is 22.2. The van der Waals surface area contributed by atoms with E-state index in [1.807, 2.05) is 31.2 Å². The van der Waals surface area contributed by atoms with Gasteiger partial charge in [0, 0.05) is 22.6 Å². The summed E-state index contributed by atoms with van der Waals surface area (Å²) in [5.74, 6) is -0.470. The van der Waals surface area contributed by atoms with Crippen molar-refractivity contribution in [3.63, 3.8) is 0 Å². The van der Waals surface area contributed by atoms with Crippen LogP contribution in [0.2, 0.25) is 5.02 Å². The third kappa shape index (κ3) is 3.05. The van der Waals surface area contributed by atoms with Gasteiger partial charge in [-0.25, -0.2) is 4.79 Å². The van der Waals surface area contributed by atoms with Crippen molar-refractivity contribution in [2.45, 2.75) is 24.9 Å². The molecule has 0 radical (unpaired) electrons. The molecule has 0 saturated heterocycles. The van der Waals surface area contributed by atoms with Crippen LogP contribution in [0, 0.1) is 10.1 Å². The van der Waals surface area contributed by atoms with E-state index in [2.05, 4.69) is 0 Å². The quantitative estimate of drug-likeness (QED) is 0.479. The number of nitro groups is 1. The highest BCUT2D eigenvalue weighted by molar-refractivity contribution is 6.30. The first-order chi connectivity index (χ1) is 10.9. The van der Waals surface area contributed by atoms with E-state index in [4.69, 9.17) is 16.3 Å². The lowest BCUT2D eigenvalue weighted by atomic mass is 9.98. The van der Waals surface area contributed by atoms with Crippen LogP contribution in [0.15, 0.2) is 48.5 Å². The second-order valence-corrected chi connectivity index (χ2v) is 6.26. The Kier molecular flexibility index (Phi) is 3.82. The molecule has 2 aromatic carbocycles. The molecule has 0 bridgehead atoms. The standard InChI is InChI=1S/C17H14ClNO4/c1-17(12-4-6-13(18)7-5-12)10-15(17)23-16(20)11-2-8-14(9-3-11)19(21)22/h2-9,15H,10H2,1H3/t15-,17+/m1/s1. The third-order valence-electron chi connectivity index (χ3n) is 4.23. The number of nitrogens with zero attached hydrogens (tertiary/aromatic N) is 1. The maximum atomic E-state index is 12.1. The first-order valence-corrected chi connectivity index (χ1v) is 7.49. The minimum absolute atomic E-state index is 0.0565. The Morgan fingerprint density at radius 2 is 1.83 bits per heavy atom. The number of rotatable bonds is 4. The molecule has 0 N–H and O–H groups in total. The zero-order chi connectivity index (χ0) is 16.6. The van der Waals surface area contributed by atoms with Crippen LogP contribution in [0.3, 0.4) is 0 Å². The minimum Gasteiger partial charge on any atom is -0.458 e. The molecule has 118 valence electrons. The van der Waals surface area contributed by atoms with Gasteiger partial charge in [0.1, 0.15) is 6.10 Å². The van der Waals surface area contributed by atoms with Crippen LogP contribution in [0.25, 0.3) is 0 Å². The molecular formula is C17H14ClNO4. The molecule has 2 atom stereocenters. The minimum atomic E-state index is -0.506. The third-order valence-corrected chi connectivity index (χ3v) is 4.48. The monoisotopic (exact) mass is 331 g/mol. The summed E-state index contributed by atoms with van der Waals surface area (Å²) in [6.45, 7) is 2.03. The average molecular weight is 332 g/mol. The van der Waals surface area contributed by atoms with E-state index in [-0.39, 0.29) is 17.2 Å². The van der Waals surface area contributed by atoms with Crippen molar-refractivity contribution in [1.29, 1.82) is 0 Å². The van der Waals surface area contributed by atoms with Crippen molar-refractivity contribution >= 4 is 23.3 Å². The fourth-order valence-electron chi connectivity index (χ4n) is 2.55. The summed E-state index contributed by atoms with van der Waals surface area (Å²) in [5.41, 5.74) is 1.12. The van der Waals surface area contributed by atoms with Gasteiger partial charge in [-0.2, -0.15) is 0 Å². The van der Waals surface area contributed by atoms with Crippen LogP contribution in [0.1, 0.15) is 29.3 Å². The van der Waals surface area contributed by atoms with Gasteiger partial charge in [0.15, 0.2) is 0 Å². The van der Waals surface area contributed by atoms with Crippen LogP contribution < -0.4 is 0 Å². The Labute approximate surface area is 138 Å². The van der Waals surface area contributed by atoms with Gasteiger partial charge < -0.3 is 4.74 Å². The second-order valence-electron chi connectivity index (χ2n) is 5.83. The van der Waals surface area contributed by atoms with E-state index >= 15 is 0 Å². The lowest BCUT2D eigenvalue weighted by Gasteiger charge is -2.12. The van der Waals surface area contributed by atoms with Crippen molar-refractivity contribution < 1.29 is 14.5 Å². The van der Waals surface area contributed by atoms with Gasteiger partial charge in [-0.3, -0.25) is 10.1 Å². The molecule has 0 amide bonds. The topological polar surface area (TPSA) is 69.4 Å². The number of ether oxygens (including phenoxy) is 1. The van der Waals surface area contributed by atoms with Crippen LogP contribution in [0.5, 0.6) is 0 Å². The van der Waals surface area contributed by atoms with Crippen LogP contribution in [0.4, 0.5) is 5.69 Å². The summed E-state index contributed by atoms with van der Waals surface area (Å²) < 4.78 is 5.51. The maximum absolute atomic E-state index is 12.1. The zero-order valence-electron chi connectivity index (χ0n) is 12.4. The summed E-state index contributed by atoms with van der Waals surface area (Å²) in [7, 11) is 0. The van der Waals surface area contributed by atoms with E-state index in [1.165, 1.54) is 24.3 Å². The molecular weight excluding hydrogens is 318 g/mol. The van der Waals surface area contributed by atoms with Gasteiger partial charge in [0.05, 0.1) is 10.5 Å². The molecule has 1 saturated carbocycles. The highest BCUT2D eigenvalue weighted by Gasteiger charge is 2.54. The predicted molar refractivity (Wildman–Crippen MR) is 85.7 cm³/mol. The first-order valence-electron chi connectivity index (χ1n) is 7.11. The van der Waals surface area contributed by atoms with E-state index in [0.717, 1.165) is 12.0 Å². The highest BCUT2D eigenvalue weighted by atomic mass is 35.5. The number of esters is 1. The summed E-state index contributed by atoms with van der Waals surface area (Å²) in [6, 6.07) is 12.9. The molecule has 1 fully saturated rings. The molecule has 0 spiro atoms. The van der Waals surface area contributed by atoms with Gasteiger partial charge in [0.2, 0.25) is 0 Å². The summed E-state index contributed by atoms with van der Waals surface area (Å²) >= 11 is 5.88. The van der Waals surface area contributed by atoms with Gasteiger partial charge in [-0.15, -0.1) is 0 Å². The smallest absolute Gasteiger partial charge is 0.338 e. The zero-order valence-corrected chi connectivity index (χ0v) is 13.1. The molecule has 6 heteroatoms. The van der Waals surface area contributed by atoms with Gasteiger partial charge in [0.25, 0.3) is 5.69 Å². The maximum Gasteiger partial charge on any atom is 0.338 e. The Bertz CT molecular complexity index is 757. The molecule has 23 heavy (non-hydrogen) atoms. The van der Waals surface area contributed by atoms with Gasteiger partial charge in [-0.05, 0) is 36.2 Å². The van der Waals surface area contributed by atoms with E-state index in [0.29, 0.717) is 10.6 Å². The number of carbonyl (C=O) groups is 1. The van der Waals surface area contributed by atoms with Crippen LogP contribution in [-0.4, -0.2) is 17.0 Å². The van der Waals surface area contributed by atoms with Crippen molar-refractivity contribution in [3.05, 3.63) is 74.8 Å². The van der Waals surface area contributed by atoms with Crippen molar-refractivity contribution in [2.75, 3.05) is 0 Å². The molecule has 0 heterocycles. The number of hydrogen-bond donors (Lipinski definition) is 0. The predicted octanol–water partition coefficient (Wildman–Crippen LogP) is 4.14. The molecule has 3 rings (SSSR count). The Morgan fingerprint density at radius 3 is 2.39 bits per heavy atom. The molecule has 2 aromatic rings. The SMILES string of the molecule is C[C@@]1(c2ccc(Cl)cc2)C[C@H]1OC(=O)c1ccc([N+](=O)[O-])cc1. The van der Waals surface area contributed by atoms with E-state index in [1.54, 1.807) is 0 Å². The summed E-state index contributed by atoms with van der Waals surface area (Å²) in [6.07, 6.45) is 0.541. The first kappa shape index (κ1) is 15.5. The molecule has 0 unspecified atom stereocenters. The number of non-ortho nitro benzene ring substituents is 1. The number of halogens is 1. The Morgan fingerprint density at radius 1 is 1.22 bits per heavy atom. The Hall–Kier alpha value is -2.40. The van der Waals surface area contributed by atoms with Crippen molar-refractivity contribution in [3.8, 4) is 0 Å². The van der Waals surface area contributed by atoms with Crippen molar-refractivity contribution in [2.24, 2.45) is 0 Å². The second kappa shape index (κ2) is 5.66. The van der Waals surface area contributed by atoms with E-state index < -0.39 is 10.9 Å². The normalized spacial score (nSPS) is 22.4. The van der Waals surface area contributed by atoms with Crippen molar-refractivity contribution in [1.82, 2.24) is 0 Å². The average Bonchev–Trinajstić information content (AvgIpc) is 3.19. The number of nitro benzene ring substituents is 1. The largest absolute Gasteiger partial charge is 0.458 e.